The van der Waals surface area contributed by atoms with Gasteiger partial charge in [0.2, 0.25) is 0 Å². The molecule has 11 heteroatoms. The monoisotopic (exact) mass is 575 g/mol. The van der Waals surface area contributed by atoms with E-state index >= 15 is 0 Å². The van der Waals surface area contributed by atoms with Crippen molar-refractivity contribution in [3.05, 3.63) is 43.0 Å². The number of carbonyl (C=O) groups excluding carboxylic acids is 1. The molecule has 1 N–H and O–H groups in total. The van der Waals surface area contributed by atoms with Crippen LogP contribution in [0.1, 0.15) is 82.4 Å². The van der Waals surface area contributed by atoms with Crippen LogP contribution >= 0.6 is 22.6 Å². The fourth-order valence-corrected chi connectivity index (χ4v) is 4.41. The minimum Gasteiger partial charge on any atom is -0.463 e. The maximum atomic E-state index is 12.1. The molecule has 10 nitrogen and oxygen atoms in total. The Labute approximate surface area is 207 Å². The average molecular weight is 575 g/mol. The second kappa shape index (κ2) is 15.1. The number of carbonyl (C=O) groups is 1. The summed E-state index contributed by atoms with van der Waals surface area (Å²) in [4.78, 5) is 40.9. The number of azide groups is 1. The molecule has 1 fully saturated rings. The van der Waals surface area contributed by atoms with E-state index in [1.54, 1.807) is 6.92 Å². The van der Waals surface area contributed by atoms with Crippen molar-refractivity contribution in [1.82, 2.24) is 9.55 Å². The maximum Gasteiger partial charge on any atom is 0.330 e. The Balaban J connectivity index is 1.71. The third kappa shape index (κ3) is 9.50. The molecule has 1 saturated heterocycles. The molecule has 2 rings (SSSR count). The van der Waals surface area contributed by atoms with Crippen molar-refractivity contribution in [1.29, 1.82) is 0 Å². The summed E-state index contributed by atoms with van der Waals surface area (Å²) >= 11 is 2.42. The molecule has 0 saturated carbocycles. The fraction of sp³-hybridized carbons (Fsp3) is 0.773. The molecule has 0 spiro atoms. The Kier molecular flexibility index (Phi) is 12.6. The largest absolute Gasteiger partial charge is 0.463 e. The minimum atomic E-state index is -0.714. The summed E-state index contributed by atoms with van der Waals surface area (Å²) in [6, 6.07) is -0.580. The van der Waals surface area contributed by atoms with E-state index in [1.165, 1.54) is 53.7 Å². The lowest BCUT2D eigenvalue weighted by Gasteiger charge is -2.17. The quantitative estimate of drug-likeness (QED) is 0.0615. The van der Waals surface area contributed by atoms with Crippen molar-refractivity contribution < 1.29 is 14.3 Å². The Morgan fingerprint density at radius 3 is 2.48 bits per heavy atom. The van der Waals surface area contributed by atoms with Gasteiger partial charge in [-0.1, -0.05) is 72.7 Å². The zero-order valence-corrected chi connectivity index (χ0v) is 21.4. The van der Waals surface area contributed by atoms with Gasteiger partial charge in [0.25, 0.3) is 5.56 Å². The summed E-state index contributed by atoms with van der Waals surface area (Å²) in [6.07, 6.45) is 11.2. The van der Waals surface area contributed by atoms with E-state index < -0.39 is 29.6 Å². The van der Waals surface area contributed by atoms with Crippen LogP contribution in [0.4, 0.5) is 0 Å². The van der Waals surface area contributed by atoms with E-state index in [0.717, 1.165) is 19.3 Å². The van der Waals surface area contributed by atoms with Crippen molar-refractivity contribution in [3.63, 3.8) is 0 Å². The highest BCUT2D eigenvalue weighted by molar-refractivity contribution is 14.1. The number of hydrogen-bond donors (Lipinski definition) is 1. The van der Waals surface area contributed by atoms with Crippen LogP contribution in [0.3, 0.4) is 0 Å². The predicted molar refractivity (Wildman–Crippen MR) is 134 cm³/mol. The van der Waals surface area contributed by atoms with Crippen LogP contribution in [-0.4, -0.2) is 38.7 Å². The highest BCUT2D eigenvalue weighted by Crippen LogP contribution is 2.30. The summed E-state index contributed by atoms with van der Waals surface area (Å²) in [5.74, 6) is -0.308. The number of alkyl halides is 1. The number of nitrogens with one attached hydrogen (secondary N) is 1. The molecule has 3 atom stereocenters. The van der Waals surface area contributed by atoms with Crippen molar-refractivity contribution in [3.8, 4) is 0 Å². The summed E-state index contributed by atoms with van der Waals surface area (Å²) in [5.41, 5.74) is 8.15. The molecule has 2 heterocycles. The molecule has 0 bridgehead atoms. The van der Waals surface area contributed by atoms with Crippen molar-refractivity contribution in [2.45, 2.75) is 95.9 Å². The van der Waals surface area contributed by atoms with Gasteiger partial charge in [-0.2, -0.15) is 0 Å². The number of esters is 1. The molecule has 0 aromatic carbocycles. The topological polar surface area (TPSA) is 139 Å². The highest BCUT2D eigenvalue weighted by atomic mass is 127. The second-order valence-electron chi connectivity index (χ2n) is 8.42. The molecule has 1 aliphatic rings. The number of rotatable bonds is 15. The first kappa shape index (κ1) is 27.4. The number of aromatic nitrogens is 2. The lowest BCUT2D eigenvalue weighted by Crippen LogP contribution is -2.33. The van der Waals surface area contributed by atoms with Crippen LogP contribution in [0.5, 0.6) is 0 Å². The van der Waals surface area contributed by atoms with Crippen LogP contribution in [-0.2, 0) is 14.3 Å². The Morgan fingerprint density at radius 2 is 1.85 bits per heavy atom. The van der Waals surface area contributed by atoms with Gasteiger partial charge in [-0.3, -0.25) is 19.1 Å². The average Bonchev–Trinajstić information content (AvgIpc) is 3.18. The first-order valence-corrected chi connectivity index (χ1v) is 13.2. The predicted octanol–water partition coefficient (Wildman–Crippen LogP) is 4.69. The summed E-state index contributed by atoms with van der Waals surface area (Å²) < 4.78 is 13.7. The van der Waals surface area contributed by atoms with E-state index in [4.69, 9.17) is 15.0 Å². The van der Waals surface area contributed by atoms with Gasteiger partial charge in [0, 0.05) is 29.5 Å². The van der Waals surface area contributed by atoms with Crippen LogP contribution in [0.2, 0.25) is 0 Å². The lowest BCUT2D eigenvalue weighted by atomic mass is 10.1. The molecule has 1 aromatic heterocycles. The third-order valence-corrected chi connectivity index (χ3v) is 6.55. The number of H-pyrrole nitrogens is 1. The van der Waals surface area contributed by atoms with Crippen LogP contribution in [0.15, 0.2) is 20.9 Å². The summed E-state index contributed by atoms with van der Waals surface area (Å²) in [6.45, 7) is 1.54. The molecular weight excluding hydrogens is 541 g/mol. The molecule has 0 unspecified atom stereocenters. The standard InChI is InChI=1S/C22H34IN5O5/c1-16-14-28(22(31)25-21(16)30)19-13-17(26-27-24)18(33-19)15-32-20(29)11-9-7-5-3-2-4-6-8-10-12-23/h14,17-19H,2-13,15H2,1H3,(H,25,30,31)/t17-,18+,19+/m0/s1. The van der Waals surface area contributed by atoms with E-state index in [2.05, 4.69) is 37.6 Å². The van der Waals surface area contributed by atoms with Gasteiger partial charge in [0.05, 0.1) is 6.04 Å². The van der Waals surface area contributed by atoms with Crippen LogP contribution < -0.4 is 11.2 Å². The Morgan fingerprint density at radius 1 is 1.21 bits per heavy atom. The third-order valence-electron chi connectivity index (χ3n) is 5.78. The molecule has 0 radical (unpaired) electrons. The van der Waals surface area contributed by atoms with Crippen molar-refractivity contribution >= 4 is 28.6 Å². The maximum absolute atomic E-state index is 12.1. The molecular formula is C22H34IN5O5. The van der Waals surface area contributed by atoms with E-state index in [-0.39, 0.29) is 19.0 Å². The minimum absolute atomic E-state index is 0.0483. The highest BCUT2D eigenvalue weighted by Gasteiger charge is 2.37. The lowest BCUT2D eigenvalue weighted by molar-refractivity contribution is -0.148. The zero-order chi connectivity index (χ0) is 24.1. The number of hydrogen-bond acceptors (Lipinski definition) is 6. The molecule has 1 aromatic rings. The number of aryl methyl sites for hydroxylation is 1. The molecule has 184 valence electrons. The first-order valence-electron chi connectivity index (χ1n) is 11.7. The van der Waals surface area contributed by atoms with Gasteiger partial charge in [-0.05, 0) is 29.7 Å². The first-order chi connectivity index (χ1) is 16.0. The smallest absolute Gasteiger partial charge is 0.330 e. The summed E-state index contributed by atoms with van der Waals surface area (Å²) in [5, 5.41) is 3.73. The Bertz CT molecular complexity index is 911. The van der Waals surface area contributed by atoms with Crippen molar-refractivity contribution in [2.24, 2.45) is 5.11 Å². The molecule has 0 amide bonds. The Hall–Kier alpha value is -1.85. The number of unbranched alkanes of at least 4 members (excludes halogenated alkanes) is 8. The van der Waals surface area contributed by atoms with Crippen LogP contribution in [0, 0.1) is 6.92 Å². The van der Waals surface area contributed by atoms with Gasteiger partial charge in [-0.15, -0.1) is 0 Å². The SMILES string of the molecule is Cc1cn([C@H]2C[C@H](N=[N+]=[N-])[C@@H](COC(=O)CCCCCCCCCCCI)O2)c(=O)[nH]c1=O. The van der Waals surface area contributed by atoms with Gasteiger partial charge in [0.1, 0.15) is 18.9 Å². The molecule has 1 aliphatic heterocycles. The van der Waals surface area contributed by atoms with Gasteiger partial charge >= 0.3 is 11.7 Å². The number of nitrogens with zero attached hydrogens (tertiary/aromatic N) is 4. The molecule has 0 aliphatic carbocycles. The number of ether oxygens (including phenoxy) is 2. The van der Waals surface area contributed by atoms with Gasteiger partial charge < -0.3 is 9.47 Å². The fourth-order valence-electron chi connectivity index (χ4n) is 3.87. The summed E-state index contributed by atoms with van der Waals surface area (Å²) in [7, 11) is 0. The number of aromatic amines is 1. The zero-order valence-electron chi connectivity index (χ0n) is 19.2. The normalized spacial score (nSPS) is 19.9. The second-order valence-corrected chi connectivity index (χ2v) is 9.50. The number of halogens is 1. The van der Waals surface area contributed by atoms with Crippen molar-refractivity contribution in [2.75, 3.05) is 11.0 Å². The van der Waals surface area contributed by atoms with Gasteiger partial charge in [-0.25, -0.2) is 4.79 Å². The molecule has 33 heavy (non-hydrogen) atoms. The van der Waals surface area contributed by atoms with Gasteiger partial charge in [0.15, 0.2) is 0 Å². The van der Waals surface area contributed by atoms with Crippen LogP contribution in [0.25, 0.3) is 10.4 Å². The van der Waals surface area contributed by atoms with E-state index in [9.17, 15) is 14.4 Å². The van der Waals surface area contributed by atoms with E-state index in [1.807, 2.05) is 0 Å². The van der Waals surface area contributed by atoms with E-state index in [0.29, 0.717) is 12.0 Å².